The molecule has 3 aliphatic rings. The van der Waals surface area contributed by atoms with Gasteiger partial charge in [-0.05, 0) is 49.2 Å². The van der Waals surface area contributed by atoms with E-state index >= 15 is 4.39 Å². The number of hydrogen-bond acceptors (Lipinski definition) is 7. The van der Waals surface area contributed by atoms with Crippen molar-refractivity contribution in [1.82, 2.24) is 4.90 Å². The number of esters is 1. The minimum Gasteiger partial charge on any atom is -0.472 e. The van der Waals surface area contributed by atoms with E-state index in [0.717, 1.165) is 23.8 Å². The first kappa shape index (κ1) is 30.7. The van der Waals surface area contributed by atoms with Gasteiger partial charge in [0.1, 0.15) is 22.9 Å². The second-order valence-electron chi connectivity index (χ2n) is 12.2. The van der Waals surface area contributed by atoms with Crippen LogP contribution < -0.4 is 9.64 Å². The zero-order valence-corrected chi connectivity index (χ0v) is 27.3. The Hall–Kier alpha value is -4.57. The van der Waals surface area contributed by atoms with E-state index < -0.39 is 17.7 Å². The third-order valence-corrected chi connectivity index (χ3v) is 9.97. The minimum atomic E-state index is -0.607. The van der Waals surface area contributed by atoms with Gasteiger partial charge in [-0.3, -0.25) is 4.79 Å². The van der Waals surface area contributed by atoms with Crippen molar-refractivity contribution in [3.63, 3.8) is 0 Å². The molecule has 4 aromatic carbocycles. The summed E-state index contributed by atoms with van der Waals surface area (Å²) in [5.41, 5.74) is 3.78. The number of halogens is 3. The highest BCUT2D eigenvalue weighted by Crippen LogP contribution is 2.44. The lowest BCUT2D eigenvalue weighted by Gasteiger charge is -2.37. The van der Waals surface area contributed by atoms with Gasteiger partial charge >= 0.3 is 5.97 Å². The highest BCUT2D eigenvalue weighted by molar-refractivity contribution is 6.40. The van der Waals surface area contributed by atoms with Crippen molar-refractivity contribution in [2.24, 2.45) is 0 Å². The molecule has 1 amide bonds. The number of ether oxygens (including phenoxy) is 3. The molecule has 2 saturated heterocycles. The molecule has 8 rings (SSSR count). The summed E-state index contributed by atoms with van der Waals surface area (Å²) in [6.07, 6.45) is 1.84. The number of benzene rings is 4. The van der Waals surface area contributed by atoms with E-state index in [1.54, 1.807) is 30.3 Å². The van der Waals surface area contributed by atoms with Crippen LogP contribution in [0.3, 0.4) is 0 Å². The topological polar surface area (TPSA) is 81.5 Å². The van der Waals surface area contributed by atoms with Gasteiger partial charge in [0, 0.05) is 27.6 Å². The van der Waals surface area contributed by atoms with E-state index in [1.807, 2.05) is 36.4 Å². The fourth-order valence-electron chi connectivity index (χ4n) is 7.10. The lowest BCUT2D eigenvalue weighted by molar-refractivity contribution is 0.0515. The molecule has 8 nitrogen and oxygen atoms in total. The van der Waals surface area contributed by atoms with Gasteiger partial charge in [0.2, 0.25) is 0 Å². The number of methoxy groups -OCH3 is 1. The third kappa shape index (κ3) is 5.17. The smallest absolute Gasteiger partial charge is 0.340 e. The maximum Gasteiger partial charge on any atom is 0.340 e. The number of morpholine rings is 1. The molecule has 1 aromatic heterocycles. The summed E-state index contributed by atoms with van der Waals surface area (Å²) in [5.74, 6) is -0.559. The van der Waals surface area contributed by atoms with Crippen LogP contribution in [0.1, 0.15) is 39.1 Å². The van der Waals surface area contributed by atoms with E-state index in [9.17, 15) is 9.59 Å². The van der Waals surface area contributed by atoms with Crippen LogP contribution in [-0.2, 0) is 16.0 Å². The quantitative estimate of drug-likeness (QED) is 0.172. The number of amides is 1. The van der Waals surface area contributed by atoms with Crippen LogP contribution >= 0.6 is 23.2 Å². The van der Waals surface area contributed by atoms with Crippen molar-refractivity contribution in [2.45, 2.75) is 31.5 Å². The number of nitrogens with zero attached hydrogens (tertiary/aromatic N) is 2. The third-order valence-electron chi connectivity index (χ3n) is 9.38. The minimum absolute atomic E-state index is 0.0809. The number of rotatable bonds is 5. The van der Waals surface area contributed by atoms with E-state index in [-0.39, 0.29) is 52.1 Å². The van der Waals surface area contributed by atoms with Crippen LogP contribution in [0.2, 0.25) is 10.0 Å². The molecule has 244 valence electrons. The Labute approximate surface area is 285 Å². The van der Waals surface area contributed by atoms with Crippen molar-refractivity contribution in [3.8, 4) is 28.2 Å². The van der Waals surface area contributed by atoms with Crippen LogP contribution in [0.25, 0.3) is 33.4 Å². The average Bonchev–Trinajstić information content (AvgIpc) is 3.64. The van der Waals surface area contributed by atoms with Gasteiger partial charge < -0.3 is 28.4 Å². The molecule has 2 bridgehead atoms. The van der Waals surface area contributed by atoms with Gasteiger partial charge in [-0.25, -0.2) is 9.18 Å². The summed E-state index contributed by atoms with van der Waals surface area (Å²) in [6.45, 7) is 1.15. The molecule has 0 N–H and O–H groups in total. The van der Waals surface area contributed by atoms with Gasteiger partial charge in [0.15, 0.2) is 6.73 Å². The largest absolute Gasteiger partial charge is 0.472 e. The molecule has 0 spiro atoms. The molecule has 2 fully saturated rings. The first-order chi connectivity index (χ1) is 23.3. The summed E-state index contributed by atoms with van der Waals surface area (Å²) in [6, 6.07) is 21.4. The fraction of sp³-hybridized carbons (Fsp3) is 0.243. The Morgan fingerprint density at radius 2 is 1.67 bits per heavy atom. The molecular weight excluding hydrogens is 658 g/mol. The second-order valence-corrected chi connectivity index (χ2v) is 13.0. The SMILES string of the molecule is COC(=O)c1cc(F)c(-c2cccc3c2OCN(C(=O)c2c(Cl)cc(-c4cc5ccccc5o4)cc2Cl)C3)cc1N1C2CCC1COC2. The lowest BCUT2D eigenvalue weighted by Crippen LogP contribution is -2.46. The molecule has 4 heterocycles. The van der Waals surface area contributed by atoms with Crippen LogP contribution in [0.4, 0.5) is 10.1 Å². The predicted molar refractivity (Wildman–Crippen MR) is 180 cm³/mol. The number of carbonyl (C=O) groups is 2. The van der Waals surface area contributed by atoms with Crippen molar-refractivity contribution >= 4 is 51.7 Å². The number of para-hydroxylation sites is 2. The van der Waals surface area contributed by atoms with Gasteiger partial charge in [-0.2, -0.15) is 0 Å². The maximum absolute atomic E-state index is 15.9. The van der Waals surface area contributed by atoms with Crippen LogP contribution in [-0.4, -0.2) is 55.9 Å². The lowest BCUT2D eigenvalue weighted by atomic mass is 9.96. The number of fused-ring (bicyclic) bond motifs is 4. The van der Waals surface area contributed by atoms with Crippen molar-refractivity contribution < 1.29 is 32.6 Å². The van der Waals surface area contributed by atoms with Gasteiger partial charge in [-0.15, -0.1) is 0 Å². The molecule has 3 aliphatic heterocycles. The van der Waals surface area contributed by atoms with E-state index in [4.69, 9.17) is 41.8 Å². The number of anilines is 1. The predicted octanol–water partition coefficient (Wildman–Crippen LogP) is 8.36. The van der Waals surface area contributed by atoms with Gasteiger partial charge in [0.05, 0.1) is 65.8 Å². The van der Waals surface area contributed by atoms with Gasteiger partial charge in [-0.1, -0.05) is 59.6 Å². The molecular formula is C37H29Cl2FN2O6. The zero-order chi connectivity index (χ0) is 33.1. The van der Waals surface area contributed by atoms with E-state index in [2.05, 4.69) is 4.90 Å². The summed E-state index contributed by atoms with van der Waals surface area (Å²) in [4.78, 5) is 30.3. The molecule has 2 atom stereocenters. The Kier molecular flexibility index (Phi) is 7.78. The Morgan fingerprint density at radius 3 is 2.40 bits per heavy atom. The number of furan rings is 1. The van der Waals surface area contributed by atoms with E-state index in [1.165, 1.54) is 18.1 Å². The first-order valence-electron chi connectivity index (χ1n) is 15.6. The Balaban J connectivity index is 1.10. The summed E-state index contributed by atoms with van der Waals surface area (Å²) < 4.78 is 38.8. The van der Waals surface area contributed by atoms with E-state index in [0.29, 0.717) is 47.1 Å². The second kappa shape index (κ2) is 12.1. The normalized spacial score (nSPS) is 18.5. The monoisotopic (exact) mass is 686 g/mol. The van der Waals surface area contributed by atoms with Crippen LogP contribution in [0, 0.1) is 5.82 Å². The molecule has 48 heavy (non-hydrogen) atoms. The zero-order valence-electron chi connectivity index (χ0n) is 25.8. The highest BCUT2D eigenvalue weighted by atomic mass is 35.5. The molecule has 0 aliphatic carbocycles. The standard InChI is InChI=1S/C37H29Cl2FN2O6/c1-45-37(44)27-14-30(40)26(15-31(27)42-23-9-10-24(42)18-46-17-23)25-7-4-6-21-16-41(19-47-35(21)25)36(43)34-28(38)11-22(12-29(34)39)33-13-20-5-2-3-8-32(20)48-33/h2-8,11-15,23-24H,9-10,16-19H2,1H3. The average molecular weight is 688 g/mol. The molecule has 0 saturated carbocycles. The Morgan fingerprint density at radius 1 is 0.917 bits per heavy atom. The Bertz CT molecular complexity index is 2040. The van der Waals surface area contributed by atoms with Crippen LogP contribution in [0.5, 0.6) is 5.75 Å². The summed E-state index contributed by atoms with van der Waals surface area (Å²) in [5, 5.41) is 1.30. The molecule has 11 heteroatoms. The molecule has 2 unspecified atom stereocenters. The van der Waals surface area contributed by atoms with Crippen molar-refractivity contribution in [2.75, 3.05) is 32.0 Å². The first-order valence-corrected chi connectivity index (χ1v) is 16.4. The maximum atomic E-state index is 15.9. The fourth-order valence-corrected chi connectivity index (χ4v) is 7.74. The summed E-state index contributed by atoms with van der Waals surface area (Å²) in [7, 11) is 1.29. The van der Waals surface area contributed by atoms with Crippen molar-refractivity contribution in [3.05, 3.63) is 105 Å². The highest BCUT2D eigenvalue weighted by Gasteiger charge is 2.40. The summed E-state index contributed by atoms with van der Waals surface area (Å²) >= 11 is 13.3. The number of carbonyl (C=O) groups excluding carboxylic acids is 2. The van der Waals surface area contributed by atoms with Crippen molar-refractivity contribution in [1.29, 1.82) is 0 Å². The number of hydrogen-bond donors (Lipinski definition) is 0. The molecule has 5 aromatic rings. The van der Waals surface area contributed by atoms with Crippen LogP contribution in [0.15, 0.2) is 77.2 Å². The van der Waals surface area contributed by atoms with Gasteiger partial charge in [0.25, 0.3) is 5.91 Å². The molecule has 0 radical (unpaired) electrons.